The summed E-state index contributed by atoms with van der Waals surface area (Å²) < 4.78 is 36.9. The third kappa shape index (κ3) is 3.70. The van der Waals surface area contributed by atoms with E-state index in [1.54, 1.807) is 0 Å². The molecular formula is C9H11BF3K. The summed E-state index contributed by atoms with van der Waals surface area (Å²) in [6, 6.07) is 3.92. The monoisotopic (exact) mass is 226 g/mol. The van der Waals surface area contributed by atoms with Crippen LogP contribution in [0.4, 0.5) is 12.9 Å². The summed E-state index contributed by atoms with van der Waals surface area (Å²) in [7, 11) is 0. The van der Waals surface area contributed by atoms with Crippen LogP contribution in [0.15, 0.2) is 18.2 Å². The molecule has 0 unspecified atom stereocenters. The normalized spacial score (nSPS) is 10.9. The molecule has 5 heteroatoms. The molecule has 0 N–H and O–H groups in total. The van der Waals surface area contributed by atoms with Gasteiger partial charge in [-0.3, -0.25) is 0 Å². The third-order valence-electron chi connectivity index (χ3n) is 2.13. The minimum atomic E-state index is -4.85. The van der Waals surface area contributed by atoms with Crippen LogP contribution in [-0.2, 0) is 6.42 Å². The van der Waals surface area contributed by atoms with E-state index in [0.717, 1.165) is 17.2 Å². The van der Waals surface area contributed by atoms with Crippen molar-refractivity contribution in [1.82, 2.24) is 0 Å². The maximum Gasteiger partial charge on any atom is 1.00 e. The maximum atomic E-state index is 12.3. The molecule has 1 aromatic carbocycles. The van der Waals surface area contributed by atoms with E-state index < -0.39 is 12.4 Å². The fourth-order valence-corrected chi connectivity index (χ4v) is 1.28. The number of hydrogen-bond donors (Lipinski definition) is 0. The average Bonchev–Trinajstić information content (AvgIpc) is 2.03. The van der Waals surface area contributed by atoms with E-state index in [1.165, 1.54) is 12.1 Å². The molecule has 1 rings (SSSR count). The molecule has 0 aromatic heterocycles. The molecule has 72 valence electrons. The fourth-order valence-electron chi connectivity index (χ4n) is 1.28. The van der Waals surface area contributed by atoms with Crippen molar-refractivity contribution in [2.24, 2.45) is 0 Å². The van der Waals surface area contributed by atoms with Crippen LogP contribution >= 0.6 is 0 Å². The van der Waals surface area contributed by atoms with E-state index in [-0.39, 0.29) is 51.4 Å². The molecule has 0 fully saturated rings. The van der Waals surface area contributed by atoms with E-state index in [2.05, 4.69) is 0 Å². The van der Waals surface area contributed by atoms with Crippen molar-refractivity contribution in [2.75, 3.05) is 0 Å². The van der Waals surface area contributed by atoms with Gasteiger partial charge in [0.25, 0.3) is 0 Å². The van der Waals surface area contributed by atoms with Crippen molar-refractivity contribution >= 4 is 12.4 Å². The van der Waals surface area contributed by atoms with Gasteiger partial charge in [-0.2, -0.15) is 0 Å². The Hall–Kier alpha value is 0.711. The molecule has 0 bridgehead atoms. The van der Waals surface area contributed by atoms with E-state index in [9.17, 15) is 12.9 Å². The average molecular weight is 226 g/mol. The van der Waals surface area contributed by atoms with Crippen LogP contribution in [0.25, 0.3) is 0 Å². The van der Waals surface area contributed by atoms with Crippen molar-refractivity contribution in [2.45, 2.75) is 20.3 Å². The van der Waals surface area contributed by atoms with Gasteiger partial charge in [-0.05, 0) is 24.5 Å². The second-order valence-electron chi connectivity index (χ2n) is 3.11. The van der Waals surface area contributed by atoms with Crippen molar-refractivity contribution in [3.8, 4) is 0 Å². The van der Waals surface area contributed by atoms with Crippen LogP contribution in [0, 0.1) is 6.92 Å². The van der Waals surface area contributed by atoms with Crippen molar-refractivity contribution in [1.29, 1.82) is 0 Å². The fraction of sp³-hybridized carbons (Fsp3) is 0.333. The second-order valence-corrected chi connectivity index (χ2v) is 3.11. The van der Waals surface area contributed by atoms with E-state index >= 15 is 0 Å². The number of halogens is 3. The molecule has 0 spiro atoms. The van der Waals surface area contributed by atoms with Crippen LogP contribution in [0.1, 0.15) is 18.1 Å². The summed E-state index contributed by atoms with van der Waals surface area (Å²) in [5.41, 5.74) is 1.20. The minimum Gasteiger partial charge on any atom is -0.445 e. The molecule has 0 heterocycles. The summed E-state index contributed by atoms with van der Waals surface area (Å²) in [6.45, 7) is -1.16. The smallest absolute Gasteiger partial charge is 0.445 e. The Kier molecular flexibility index (Phi) is 5.99. The first-order valence-electron chi connectivity index (χ1n) is 4.24. The quantitative estimate of drug-likeness (QED) is 0.603. The van der Waals surface area contributed by atoms with E-state index in [1.807, 2.05) is 13.8 Å². The number of aryl methyl sites for hydroxylation is 2. The van der Waals surface area contributed by atoms with Gasteiger partial charge in [0.2, 0.25) is 0 Å². The van der Waals surface area contributed by atoms with Gasteiger partial charge in [0, 0.05) is 0 Å². The van der Waals surface area contributed by atoms with Crippen LogP contribution in [-0.4, -0.2) is 6.98 Å². The molecular weight excluding hydrogens is 215 g/mol. The van der Waals surface area contributed by atoms with Gasteiger partial charge in [0.05, 0.1) is 0 Å². The number of rotatable bonds is 2. The summed E-state index contributed by atoms with van der Waals surface area (Å²) in [6.07, 6.45) is 0.645. The molecule has 0 radical (unpaired) electrons. The van der Waals surface area contributed by atoms with Crippen LogP contribution in [0.2, 0.25) is 0 Å². The second kappa shape index (κ2) is 5.70. The van der Waals surface area contributed by atoms with E-state index in [0.29, 0.717) is 6.42 Å². The van der Waals surface area contributed by atoms with Gasteiger partial charge in [-0.15, -0.1) is 5.46 Å². The Labute approximate surface area is 125 Å². The summed E-state index contributed by atoms with van der Waals surface area (Å²) >= 11 is 0. The minimum absolute atomic E-state index is 0. The van der Waals surface area contributed by atoms with Gasteiger partial charge in [-0.1, -0.05) is 25.1 Å². The van der Waals surface area contributed by atoms with Gasteiger partial charge in [-0.25, -0.2) is 0 Å². The first kappa shape index (κ1) is 14.7. The van der Waals surface area contributed by atoms with Crippen LogP contribution in [0.5, 0.6) is 0 Å². The zero-order valence-electron chi connectivity index (χ0n) is 8.65. The first-order valence-corrected chi connectivity index (χ1v) is 4.24. The van der Waals surface area contributed by atoms with Gasteiger partial charge in [0.1, 0.15) is 0 Å². The van der Waals surface area contributed by atoms with Crippen molar-refractivity contribution < 1.29 is 64.3 Å². The SMILES string of the molecule is CCc1cc([B-](F)(F)F)ccc1C.[K+]. The molecule has 0 saturated carbocycles. The number of hydrogen-bond acceptors (Lipinski definition) is 0. The molecule has 1 aromatic rings. The predicted octanol–water partition coefficient (Wildman–Crippen LogP) is -0.384. The molecule has 0 amide bonds. The predicted molar refractivity (Wildman–Crippen MR) is 49.3 cm³/mol. The van der Waals surface area contributed by atoms with Crippen LogP contribution < -0.4 is 56.8 Å². The Balaban J connectivity index is 0.00000169. The third-order valence-corrected chi connectivity index (χ3v) is 2.13. The molecule has 0 aliphatic heterocycles. The molecule has 14 heavy (non-hydrogen) atoms. The Morgan fingerprint density at radius 3 is 2.21 bits per heavy atom. The van der Waals surface area contributed by atoms with Gasteiger partial charge >= 0.3 is 58.4 Å². The van der Waals surface area contributed by atoms with Crippen molar-refractivity contribution in [3.63, 3.8) is 0 Å². The first-order chi connectivity index (χ1) is 5.95. The zero-order valence-corrected chi connectivity index (χ0v) is 11.8. The topological polar surface area (TPSA) is 0 Å². The molecule has 0 atom stereocenters. The van der Waals surface area contributed by atoms with Gasteiger partial charge < -0.3 is 12.9 Å². The molecule has 0 saturated heterocycles. The Morgan fingerprint density at radius 2 is 1.79 bits per heavy atom. The summed E-state index contributed by atoms with van der Waals surface area (Å²) in [5, 5.41) is 0. The summed E-state index contributed by atoms with van der Waals surface area (Å²) in [5.74, 6) is 0. The van der Waals surface area contributed by atoms with Crippen LogP contribution in [0.3, 0.4) is 0 Å². The zero-order chi connectivity index (χ0) is 10.1. The van der Waals surface area contributed by atoms with Gasteiger partial charge in [0.15, 0.2) is 0 Å². The molecule has 0 nitrogen and oxygen atoms in total. The van der Waals surface area contributed by atoms with E-state index in [4.69, 9.17) is 0 Å². The standard InChI is InChI=1S/C9H11BF3.K/c1-3-8-6-9(10(11,12)13)5-4-7(8)2;/h4-6H,3H2,1-2H3;/q-1;+1. The summed E-state index contributed by atoms with van der Waals surface area (Å²) in [4.78, 5) is 0. The Morgan fingerprint density at radius 1 is 1.21 bits per heavy atom. The van der Waals surface area contributed by atoms with Crippen molar-refractivity contribution in [3.05, 3.63) is 29.3 Å². The number of benzene rings is 1. The largest absolute Gasteiger partial charge is 1.00 e. The maximum absolute atomic E-state index is 12.3. The Bertz CT molecular complexity index is 309. The molecule has 0 aliphatic rings. The molecule has 0 aliphatic carbocycles.